The highest BCUT2D eigenvalue weighted by Gasteiger charge is 2.28. The van der Waals surface area contributed by atoms with Gasteiger partial charge in [-0.05, 0) is 25.7 Å². The van der Waals surface area contributed by atoms with E-state index in [0.29, 0.717) is 11.8 Å². The van der Waals surface area contributed by atoms with Crippen molar-refractivity contribution in [2.24, 2.45) is 7.05 Å². The molecule has 1 aromatic heterocycles. The molecule has 3 heteroatoms. The normalized spacial score (nSPS) is 22.6. The van der Waals surface area contributed by atoms with Gasteiger partial charge in [-0.3, -0.25) is 0 Å². The zero-order chi connectivity index (χ0) is 11.8. The maximum absolute atomic E-state index is 6.25. The van der Waals surface area contributed by atoms with Crippen molar-refractivity contribution in [2.45, 2.75) is 63.2 Å². The first-order valence-corrected chi connectivity index (χ1v) is 7.09. The van der Waals surface area contributed by atoms with E-state index in [9.17, 15) is 0 Å². The summed E-state index contributed by atoms with van der Waals surface area (Å²) >= 11 is 0. The predicted octanol–water partition coefficient (Wildman–Crippen LogP) is 3.32. The van der Waals surface area contributed by atoms with Crippen LogP contribution in [0.3, 0.4) is 0 Å². The fraction of sp³-hybridized carbons (Fsp3) is 0.786. The summed E-state index contributed by atoms with van der Waals surface area (Å²) in [6.07, 6.45) is 10.6. The van der Waals surface area contributed by atoms with Gasteiger partial charge in [-0.1, -0.05) is 25.7 Å². The summed E-state index contributed by atoms with van der Waals surface area (Å²) in [6.45, 7) is 0. The summed E-state index contributed by atoms with van der Waals surface area (Å²) in [7, 11) is 2.09. The quantitative estimate of drug-likeness (QED) is 0.851. The summed E-state index contributed by atoms with van der Waals surface area (Å²) in [5, 5.41) is 0. The maximum atomic E-state index is 6.25. The lowest BCUT2D eigenvalue weighted by Gasteiger charge is -2.08. The van der Waals surface area contributed by atoms with Crippen molar-refractivity contribution in [2.75, 3.05) is 5.73 Å². The van der Waals surface area contributed by atoms with Gasteiger partial charge in [-0.2, -0.15) is 0 Å². The lowest BCUT2D eigenvalue weighted by Crippen LogP contribution is -2.05. The number of nitrogen functional groups attached to an aromatic ring is 1. The molecule has 0 atom stereocenters. The van der Waals surface area contributed by atoms with Crippen LogP contribution in [0.5, 0.6) is 0 Å². The van der Waals surface area contributed by atoms with Crippen LogP contribution in [-0.4, -0.2) is 9.55 Å². The van der Waals surface area contributed by atoms with Crippen molar-refractivity contribution in [3.05, 3.63) is 11.5 Å². The molecule has 0 spiro atoms. The number of aromatic nitrogens is 2. The molecule has 0 saturated heterocycles. The molecule has 2 fully saturated rings. The fourth-order valence-corrected chi connectivity index (χ4v) is 3.60. The number of nitrogens with two attached hydrogens (primary N) is 1. The molecule has 3 rings (SSSR count). The summed E-state index contributed by atoms with van der Waals surface area (Å²) in [4.78, 5) is 4.91. The summed E-state index contributed by atoms with van der Waals surface area (Å²) < 4.78 is 2.16. The lowest BCUT2D eigenvalue weighted by atomic mass is 10.0. The topological polar surface area (TPSA) is 43.8 Å². The van der Waals surface area contributed by atoms with E-state index in [0.717, 1.165) is 5.82 Å². The molecule has 17 heavy (non-hydrogen) atoms. The molecule has 2 aliphatic carbocycles. The van der Waals surface area contributed by atoms with Crippen LogP contribution in [0.25, 0.3) is 0 Å². The molecule has 0 aromatic carbocycles. The first kappa shape index (κ1) is 11.1. The van der Waals surface area contributed by atoms with E-state index in [1.165, 1.54) is 62.9 Å². The Morgan fingerprint density at radius 1 is 1.00 bits per heavy atom. The number of anilines is 1. The first-order valence-electron chi connectivity index (χ1n) is 7.09. The first-order chi connectivity index (χ1) is 8.27. The Bertz CT molecular complexity index is 359. The number of imidazole rings is 1. The van der Waals surface area contributed by atoms with E-state index in [2.05, 4.69) is 11.6 Å². The summed E-state index contributed by atoms with van der Waals surface area (Å²) in [5.74, 6) is 3.48. The second kappa shape index (κ2) is 4.35. The molecular weight excluding hydrogens is 210 g/mol. The van der Waals surface area contributed by atoms with Crippen LogP contribution in [0.4, 0.5) is 5.82 Å². The molecule has 0 radical (unpaired) electrons. The van der Waals surface area contributed by atoms with Crippen LogP contribution in [0.1, 0.15) is 74.7 Å². The smallest absolute Gasteiger partial charge is 0.126 e. The Balaban J connectivity index is 1.91. The van der Waals surface area contributed by atoms with Gasteiger partial charge in [0.15, 0.2) is 0 Å². The number of rotatable bonds is 2. The van der Waals surface area contributed by atoms with Gasteiger partial charge in [0.05, 0.1) is 5.69 Å². The lowest BCUT2D eigenvalue weighted by molar-refractivity contribution is 0.629. The molecule has 2 aliphatic rings. The zero-order valence-corrected chi connectivity index (χ0v) is 10.8. The molecule has 2 saturated carbocycles. The standard InChI is InChI=1S/C14H23N3/c1-17-13(15)12(10-6-2-3-7-10)16-14(17)11-8-4-5-9-11/h10-11H,2-9,15H2,1H3. The second-order valence-electron chi connectivity index (χ2n) is 5.76. The van der Waals surface area contributed by atoms with E-state index in [-0.39, 0.29) is 0 Å². The number of nitrogens with zero attached hydrogens (tertiary/aromatic N) is 2. The third-order valence-corrected chi connectivity index (χ3v) is 4.66. The maximum Gasteiger partial charge on any atom is 0.126 e. The van der Waals surface area contributed by atoms with Gasteiger partial charge in [-0.25, -0.2) is 4.98 Å². The van der Waals surface area contributed by atoms with Gasteiger partial charge in [-0.15, -0.1) is 0 Å². The third kappa shape index (κ3) is 1.85. The predicted molar refractivity (Wildman–Crippen MR) is 70.0 cm³/mol. The molecule has 94 valence electrons. The van der Waals surface area contributed by atoms with Crippen molar-refractivity contribution >= 4 is 5.82 Å². The summed E-state index contributed by atoms with van der Waals surface area (Å²) in [5.41, 5.74) is 7.45. The fourth-order valence-electron chi connectivity index (χ4n) is 3.60. The highest BCUT2D eigenvalue weighted by molar-refractivity contribution is 5.41. The SMILES string of the molecule is Cn1c(C2CCCC2)nc(C2CCCC2)c1N. The Morgan fingerprint density at radius 2 is 1.53 bits per heavy atom. The molecule has 1 heterocycles. The van der Waals surface area contributed by atoms with Crippen molar-refractivity contribution in [3.63, 3.8) is 0 Å². The Morgan fingerprint density at radius 3 is 2.12 bits per heavy atom. The average molecular weight is 233 g/mol. The van der Waals surface area contributed by atoms with Crippen LogP contribution in [0.2, 0.25) is 0 Å². The van der Waals surface area contributed by atoms with Crippen molar-refractivity contribution < 1.29 is 0 Å². The van der Waals surface area contributed by atoms with Crippen LogP contribution >= 0.6 is 0 Å². The Kier molecular flexibility index (Phi) is 2.85. The summed E-state index contributed by atoms with van der Waals surface area (Å²) in [6, 6.07) is 0. The van der Waals surface area contributed by atoms with Crippen LogP contribution < -0.4 is 5.73 Å². The highest BCUT2D eigenvalue weighted by Crippen LogP contribution is 2.40. The third-order valence-electron chi connectivity index (χ3n) is 4.66. The zero-order valence-electron chi connectivity index (χ0n) is 10.8. The molecule has 0 aliphatic heterocycles. The minimum absolute atomic E-state index is 0.636. The van der Waals surface area contributed by atoms with Crippen molar-refractivity contribution in [1.29, 1.82) is 0 Å². The molecule has 2 N–H and O–H groups in total. The second-order valence-corrected chi connectivity index (χ2v) is 5.76. The van der Waals surface area contributed by atoms with E-state index < -0.39 is 0 Å². The minimum atomic E-state index is 0.636. The molecule has 0 amide bonds. The van der Waals surface area contributed by atoms with E-state index in [4.69, 9.17) is 10.7 Å². The van der Waals surface area contributed by atoms with Crippen LogP contribution in [0, 0.1) is 0 Å². The highest BCUT2D eigenvalue weighted by atomic mass is 15.1. The molecule has 0 unspecified atom stereocenters. The minimum Gasteiger partial charge on any atom is -0.384 e. The van der Waals surface area contributed by atoms with Crippen molar-refractivity contribution in [1.82, 2.24) is 9.55 Å². The van der Waals surface area contributed by atoms with Crippen LogP contribution in [-0.2, 0) is 7.05 Å². The van der Waals surface area contributed by atoms with Gasteiger partial charge in [0.2, 0.25) is 0 Å². The molecular formula is C14H23N3. The van der Waals surface area contributed by atoms with Crippen LogP contribution in [0.15, 0.2) is 0 Å². The van der Waals surface area contributed by atoms with Gasteiger partial charge in [0.1, 0.15) is 11.6 Å². The average Bonchev–Trinajstić information content (AvgIpc) is 3.02. The molecule has 0 bridgehead atoms. The van der Waals surface area contributed by atoms with Gasteiger partial charge >= 0.3 is 0 Å². The number of hydrogen-bond acceptors (Lipinski definition) is 2. The Labute approximate surface area is 103 Å². The number of hydrogen-bond donors (Lipinski definition) is 1. The van der Waals surface area contributed by atoms with Crippen molar-refractivity contribution in [3.8, 4) is 0 Å². The molecule has 3 nitrogen and oxygen atoms in total. The Hall–Kier alpha value is -0.990. The van der Waals surface area contributed by atoms with Gasteiger partial charge < -0.3 is 10.3 Å². The van der Waals surface area contributed by atoms with E-state index >= 15 is 0 Å². The molecule has 1 aromatic rings. The van der Waals surface area contributed by atoms with E-state index in [1.54, 1.807) is 0 Å². The van der Waals surface area contributed by atoms with E-state index in [1.807, 2.05) is 0 Å². The van der Waals surface area contributed by atoms with Gasteiger partial charge in [0.25, 0.3) is 0 Å². The largest absolute Gasteiger partial charge is 0.384 e. The monoisotopic (exact) mass is 233 g/mol. The van der Waals surface area contributed by atoms with Gasteiger partial charge in [0, 0.05) is 18.9 Å².